The predicted molar refractivity (Wildman–Crippen MR) is 182 cm³/mol. The van der Waals surface area contributed by atoms with Crippen LogP contribution < -0.4 is 20.4 Å². The van der Waals surface area contributed by atoms with E-state index in [1.165, 1.54) is 0 Å². The zero-order valence-electron chi connectivity index (χ0n) is 27.9. The summed E-state index contributed by atoms with van der Waals surface area (Å²) in [6, 6.07) is 9.00. The number of benzene rings is 2. The summed E-state index contributed by atoms with van der Waals surface area (Å²) in [5, 5.41) is 18.3. The number of hydrogen-bond acceptors (Lipinski definition) is 9. The largest absolute Gasteiger partial charge is 0.504 e. The lowest BCUT2D eigenvalue weighted by Crippen LogP contribution is -2.54. The minimum Gasteiger partial charge on any atom is -0.504 e. The molecule has 3 aliphatic heterocycles. The van der Waals surface area contributed by atoms with Crippen molar-refractivity contribution in [2.24, 2.45) is 5.92 Å². The van der Waals surface area contributed by atoms with Gasteiger partial charge in [0.15, 0.2) is 23.7 Å². The normalized spacial score (nSPS) is 19.9. The van der Waals surface area contributed by atoms with E-state index in [4.69, 9.17) is 15.2 Å². The lowest BCUT2D eigenvalue weighted by molar-refractivity contribution is -0.177. The second kappa shape index (κ2) is 15.2. The molecular formula is C36H47F3N6O3. The van der Waals surface area contributed by atoms with Gasteiger partial charge in [-0.2, -0.15) is 0 Å². The van der Waals surface area contributed by atoms with Crippen LogP contribution in [0, 0.1) is 23.4 Å². The van der Waals surface area contributed by atoms with Crippen molar-refractivity contribution in [3.05, 3.63) is 53.8 Å². The lowest BCUT2D eigenvalue weighted by atomic mass is 9.95. The fourth-order valence-corrected chi connectivity index (χ4v) is 7.38. The molecule has 6 rings (SSSR count). The summed E-state index contributed by atoms with van der Waals surface area (Å²) in [6.07, 6.45) is 7.62. The number of aromatic nitrogens is 2. The highest BCUT2D eigenvalue weighted by Gasteiger charge is 2.41. The predicted octanol–water partition coefficient (Wildman–Crippen LogP) is 6.88. The van der Waals surface area contributed by atoms with E-state index in [-0.39, 0.29) is 47.2 Å². The number of halogens is 3. The van der Waals surface area contributed by atoms with Crippen LogP contribution in [0.25, 0.3) is 11.3 Å². The number of nitrogens with zero attached hydrogens (tertiary/aromatic N) is 5. The Morgan fingerprint density at radius 1 is 0.833 bits per heavy atom. The molecule has 12 heteroatoms. The Bertz CT molecular complexity index is 1530. The zero-order chi connectivity index (χ0) is 33.8. The van der Waals surface area contributed by atoms with Crippen molar-refractivity contribution in [2.75, 3.05) is 59.8 Å². The summed E-state index contributed by atoms with van der Waals surface area (Å²) in [4.78, 5) is 6.67. The van der Waals surface area contributed by atoms with Gasteiger partial charge in [-0.15, -0.1) is 10.2 Å². The Morgan fingerprint density at radius 3 is 2.15 bits per heavy atom. The van der Waals surface area contributed by atoms with Crippen LogP contribution in [0.1, 0.15) is 65.2 Å². The average molecular weight is 669 g/mol. The lowest BCUT2D eigenvalue weighted by Gasteiger charge is -2.44. The highest BCUT2D eigenvalue weighted by molar-refractivity contribution is 5.75. The molecule has 4 heterocycles. The molecule has 0 saturated carbocycles. The van der Waals surface area contributed by atoms with E-state index < -0.39 is 17.4 Å². The van der Waals surface area contributed by atoms with Crippen LogP contribution in [-0.4, -0.2) is 73.1 Å². The van der Waals surface area contributed by atoms with E-state index in [1.807, 2.05) is 12.1 Å². The summed E-state index contributed by atoms with van der Waals surface area (Å²) < 4.78 is 55.8. The number of phenolic OH excluding ortho intramolecular Hbond substituents is 1. The molecule has 48 heavy (non-hydrogen) atoms. The summed E-state index contributed by atoms with van der Waals surface area (Å²) in [7, 11) is 0. The molecule has 2 atom stereocenters. The van der Waals surface area contributed by atoms with Crippen LogP contribution in [0.5, 0.6) is 5.75 Å². The van der Waals surface area contributed by atoms with Crippen molar-refractivity contribution in [3.63, 3.8) is 0 Å². The van der Waals surface area contributed by atoms with Crippen molar-refractivity contribution in [1.82, 2.24) is 10.2 Å². The molecule has 260 valence electrons. The quantitative estimate of drug-likeness (QED) is 0.149. The van der Waals surface area contributed by atoms with Crippen molar-refractivity contribution in [1.29, 1.82) is 0 Å². The highest BCUT2D eigenvalue weighted by Crippen LogP contribution is 2.41. The molecule has 1 aromatic heterocycles. The molecule has 0 spiro atoms. The number of rotatable bonds is 13. The van der Waals surface area contributed by atoms with E-state index in [0.717, 1.165) is 76.2 Å². The maximum atomic E-state index is 15.4. The molecule has 2 aromatic carbocycles. The van der Waals surface area contributed by atoms with E-state index in [1.54, 1.807) is 12.1 Å². The number of ether oxygens (including phenoxy) is 2. The summed E-state index contributed by atoms with van der Waals surface area (Å²) >= 11 is 0. The van der Waals surface area contributed by atoms with Gasteiger partial charge in [-0.25, -0.2) is 13.2 Å². The first-order valence-corrected chi connectivity index (χ1v) is 17.4. The van der Waals surface area contributed by atoms with Crippen LogP contribution in [0.3, 0.4) is 0 Å². The Hall–Kier alpha value is -3.77. The van der Waals surface area contributed by atoms with Crippen LogP contribution in [0.2, 0.25) is 0 Å². The van der Waals surface area contributed by atoms with Gasteiger partial charge in [0, 0.05) is 74.7 Å². The van der Waals surface area contributed by atoms with E-state index in [9.17, 15) is 13.9 Å². The first-order chi connectivity index (χ1) is 23.3. The summed E-state index contributed by atoms with van der Waals surface area (Å²) in [6.45, 7) is 8.43. The van der Waals surface area contributed by atoms with Crippen LogP contribution in [0.15, 0.2) is 36.4 Å². The first-order valence-electron chi connectivity index (χ1n) is 17.4. The van der Waals surface area contributed by atoms with E-state index >= 15 is 4.39 Å². The Labute approximate surface area is 280 Å². The summed E-state index contributed by atoms with van der Waals surface area (Å²) in [5.41, 5.74) is 8.51. The number of aromatic hydroxyl groups is 1. The van der Waals surface area contributed by atoms with Gasteiger partial charge in [-0.1, -0.05) is 26.7 Å². The number of hydrogen-bond donors (Lipinski definition) is 2. The van der Waals surface area contributed by atoms with E-state index in [0.29, 0.717) is 43.7 Å². The standard InChI is InChI=1S/C36H47F3N6O3/c1-3-5-15-47-36(48-16-6-4-2)23-11-13-43(14-12-23)32-19-25(9-10-29(32)38)45-26-7-8-27(45)22-44(21-26)33-20-31(41-42-35(33)40)28-17-24(37)18-30(39)34(28)46/h9-10,17-20,23,26-27,36,46H,3-8,11-16,21-22H2,1-2H3,(H2,40,42). The highest BCUT2D eigenvalue weighted by atomic mass is 19.1. The molecule has 0 radical (unpaired) electrons. The number of nitrogen functional groups attached to an aromatic ring is 1. The van der Waals surface area contributed by atoms with Crippen LogP contribution >= 0.6 is 0 Å². The van der Waals surface area contributed by atoms with Gasteiger partial charge < -0.3 is 35.0 Å². The molecule has 2 unspecified atom stereocenters. The number of piperazine rings is 1. The maximum Gasteiger partial charge on any atom is 0.169 e. The molecule has 3 saturated heterocycles. The van der Waals surface area contributed by atoms with Crippen LogP contribution in [-0.2, 0) is 9.47 Å². The first kappa shape index (κ1) is 34.1. The average Bonchev–Trinajstić information content (AvgIpc) is 3.35. The van der Waals surface area contributed by atoms with Gasteiger partial charge in [-0.05, 0) is 68.9 Å². The van der Waals surface area contributed by atoms with Gasteiger partial charge in [0.25, 0.3) is 0 Å². The third kappa shape index (κ3) is 7.29. The molecule has 3 N–H and O–H groups in total. The number of anilines is 4. The fraction of sp³-hybridized carbons (Fsp3) is 0.556. The number of unbranched alkanes of at least 4 members (excludes halogenated alkanes) is 2. The number of piperidine rings is 1. The van der Waals surface area contributed by atoms with Crippen molar-refractivity contribution < 1.29 is 27.8 Å². The minimum absolute atomic E-state index is 0.0886. The fourth-order valence-electron chi connectivity index (χ4n) is 7.38. The molecule has 9 nitrogen and oxygen atoms in total. The van der Waals surface area contributed by atoms with Gasteiger partial charge in [0.05, 0.1) is 17.1 Å². The topological polar surface area (TPSA) is 100 Å². The molecular weight excluding hydrogens is 621 g/mol. The molecule has 2 bridgehead atoms. The van der Waals surface area contributed by atoms with Crippen molar-refractivity contribution in [3.8, 4) is 17.0 Å². The Kier molecular flexibility index (Phi) is 10.8. The van der Waals surface area contributed by atoms with Crippen molar-refractivity contribution >= 4 is 22.9 Å². The third-order valence-corrected chi connectivity index (χ3v) is 9.98. The van der Waals surface area contributed by atoms with Gasteiger partial charge in [0.1, 0.15) is 11.6 Å². The van der Waals surface area contributed by atoms with Gasteiger partial charge in [-0.3, -0.25) is 0 Å². The molecule has 3 aromatic rings. The number of fused-ring (bicyclic) bond motifs is 2. The number of nitrogens with two attached hydrogens (primary N) is 1. The smallest absolute Gasteiger partial charge is 0.169 e. The second-order valence-electron chi connectivity index (χ2n) is 13.3. The number of phenols is 1. The Morgan fingerprint density at radius 2 is 1.50 bits per heavy atom. The monoisotopic (exact) mass is 668 g/mol. The molecule has 3 fully saturated rings. The molecule has 0 amide bonds. The zero-order valence-corrected chi connectivity index (χ0v) is 27.9. The minimum atomic E-state index is -1.07. The summed E-state index contributed by atoms with van der Waals surface area (Å²) in [5.74, 6) is -2.33. The maximum absolute atomic E-state index is 15.4. The SMILES string of the molecule is CCCCOC(OCCCC)C1CCN(c2cc(N3C4CCC3CN(c3cc(-c5cc(F)cc(F)c5O)nnc3N)C4)ccc2F)CC1. The third-order valence-electron chi connectivity index (χ3n) is 9.98. The van der Waals surface area contributed by atoms with Crippen LogP contribution in [0.4, 0.5) is 36.1 Å². The van der Waals surface area contributed by atoms with E-state index in [2.05, 4.69) is 38.7 Å². The van der Waals surface area contributed by atoms with Gasteiger partial charge >= 0.3 is 0 Å². The molecule has 3 aliphatic rings. The van der Waals surface area contributed by atoms with Crippen molar-refractivity contribution in [2.45, 2.75) is 83.6 Å². The molecule has 0 aliphatic carbocycles. The second-order valence-corrected chi connectivity index (χ2v) is 13.3. The van der Waals surface area contributed by atoms with Gasteiger partial charge in [0.2, 0.25) is 0 Å². The Balaban J connectivity index is 1.14.